The van der Waals surface area contributed by atoms with Gasteiger partial charge in [0, 0.05) is 20.4 Å². The predicted molar refractivity (Wildman–Crippen MR) is 95.5 cm³/mol. The van der Waals surface area contributed by atoms with E-state index in [2.05, 4.69) is 31.4 Å². The predicted octanol–water partition coefficient (Wildman–Crippen LogP) is 5.64. The van der Waals surface area contributed by atoms with E-state index < -0.39 is 8.07 Å². The number of halogens is 1. The smallest absolute Gasteiger partial charge is 0.155 e. The molecular weight excluding hydrogens is 279 g/mol. The van der Waals surface area contributed by atoms with Gasteiger partial charge < -0.3 is 0 Å². The molecular formula is C17H30BClSi. The Morgan fingerprint density at radius 2 is 1.75 bits per heavy atom. The highest BCUT2D eigenvalue weighted by molar-refractivity contribution is 6.93. The largest absolute Gasteiger partial charge is 0.235 e. The van der Waals surface area contributed by atoms with Gasteiger partial charge in [-0.05, 0) is 18.2 Å². The number of hydrogen-bond acceptors (Lipinski definition) is 0. The molecule has 0 aromatic heterocycles. The van der Waals surface area contributed by atoms with E-state index in [-0.39, 0.29) is 0 Å². The first-order chi connectivity index (χ1) is 9.54. The van der Waals surface area contributed by atoms with Crippen LogP contribution in [-0.4, -0.2) is 20.7 Å². The second kappa shape index (κ2) is 7.41. The molecule has 2 bridgehead atoms. The van der Waals surface area contributed by atoms with Crippen molar-refractivity contribution in [2.45, 2.75) is 82.3 Å². The molecule has 0 amide bonds. The van der Waals surface area contributed by atoms with Crippen LogP contribution in [0.1, 0.15) is 51.4 Å². The summed E-state index contributed by atoms with van der Waals surface area (Å²) in [7, 11) is -1.13. The quantitative estimate of drug-likeness (QED) is 0.274. The van der Waals surface area contributed by atoms with Gasteiger partial charge in [0.1, 0.15) is 0 Å². The highest BCUT2D eigenvalue weighted by Gasteiger charge is 2.46. The molecule has 20 heavy (non-hydrogen) atoms. The van der Waals surface area contributed by atoms with Crippen molar-refractivity contribution in [3.8, 4) is 11.7 Å². The molecule has 0 aromatic carbocycles. The van der Waals surface area contributed by atoms with Gasteiger partial charge in [-0.2, -0.15) is 5.82 Å². The molecule has 0 saturated carbocycles. The van der Waals surface area contributed by atoms with Crippen LogP contribution in [0, 0.1) is 17.7 Å². The lowest BCUT2D eigenvalue weighted by molar-refractivity contribution is 0.411. The number of fused-ring (bicyclic) bond motifs is 3. The second-order valence-electron chi connectivity index (χ2n) is 7.91. The number of hydrogen-bond donors (Lipinski definition) is 0. The van der Waals surface area contributed by atoms with E-state index in [0.29, 0.717) is 6.71 Å². The van der Waals surface area contributed by atoms with Crippen LogP contribution in [0.25, 0.3) is 0 Å². The monoisotopic (exact) mass is 308 g/mol. The Morgan fingerprint density at radius 1 is 1.10 bits per heavy atom. The average molecular weight is 309 g/mol. The summed E-state index contributed by atoms with van der Waals surface area (Å²) in [4.78, 5) is 0. The van der Waals surface area contributed by atoms with Gasteiger partial charge in [0.2, 0.25) is 6.71 Å². The van der Waals surface area contributed by atoms with Crippen LogP contribution in [0.5, 0.6) is 0 Å². The van der Waals surface area contributed by atoms with Crippen LogP contribution in [0.4, 0.5) is 0 Å². The second-order valence-corrected chi connectivity index (χ2v) is 13.7. The number of unbranched alkanes of at least 4 members (excludes halogenated alkanes) is 1. The van der Waals surface area contributed by atoms with Crippen LogP contribution in [0.2, 0.25) is 30.9 Å². The van der Waals surface area contributed by atoms with Crippen molar-refractivity contribution in [3.63, 3.8) is 0 Å². The lowest BCUT2D eigenvalue weighted by atomic mass is 9.38. The minimum Gasteiger partial charge on any atom is -0.155 e. The van der Waals surface area contributed by atoms with E-state index in [9.17, 15) is 0 Å². The zero-order valence-corrected chi connectivity index (χ0v) is 15.3. The van der Waals surface area contributed by atoms with E-state index in [0.717, 1.165) is 35.9 Å². The van der Waals surface area contributed by atoms with Crippen molar-refractivity contribution in [1.29, 1.82) is 0 Å². The van der Waals surface area contributed by atoms with E-state index in [1.165, 1.54) is 38.5 Å². The maximum absolute atomic E-state index is 5.78. The van der Waals surface area contributed by atoms with Crippen LogP contribution >= 0.6 is 11.6 Å². The summed E-state index contributed by atoms with van der Waals surface area (Å²) in [5.41, 5.74) is 0.931. The maximum Gasteiger partial charge on any atom is 0.235 e. The standard InChI is InChI=1S/C17H30BClSi/c1-20(2,3)17-15-9-7-11-16(12-8-10-15)18(17)13-5-4-6-14-19/h15-17H,4,6-12,14H2,1-3H3/t15?,16?,17-/m0/s1. The lowest BCUT2D eigenvalue weighted by Gasteiger charge is -2.37. The molecule has 0 N–H and O–H groups in total. The lowest BCUT2D eigenvalue weighted by Crippen LogP contribution is -2.43. The summed E-state index contributed by atoms with van der Waals surface area (Å²) in [5.74, 6) is 9.85. The number of alkyl halides is 1. The summed E-state index contributed by atoms with van der Waals surface area (Å²) in [6, 6.07) is 0. The van der Waals surface area contributed by atoms with Gasteiger partial charge in [-0.1, -0.05) is 63.6 Å². The molecule has 2 fully saturated rings. The Hall–Kier alpha value is 0.132. The molecule has 2 rings (SSSR count). The van der Waals surface area contributed by atoms with Crippen molar-refractivity contribution >= 4 is 26.4 Å². The van der Waals surface area contributed by atoms with Crippen molar-refractivity contribution in [2.24, 2.45) is 5.92 Å². The first-order valence-corrected chi connectivity index (χ1v) is 12.7. The molecule has 0 radical (unpaired) electrons. The molecule has 0 aromatic rings. The maximum atomic E-state index is 5.78. The van der Waals surface area contributed by atoms with Crippen LogP contribution in [0.3, 0.4) is 0 Å². The van der Waals surface area contributed by atoms with Gasteiger partial charge >= 0.3 is 0 Å². The Kier molecular flexibility index (Phi) is 6.11. The average Bonchev–Trinajstić information content (AvgIpc) is 2.61. The fraction of sp³-hybridized carbons (Fsp3) is 0.882. The van der Waals surface area contributed by atoms with Gasteiger partial charge in [-0.3, -0.25) is 0 Å². The van der Waals surface area contributed by atoms with Crippen molar-refractivity contribution < 1.29 is 0 Å². The van der Waals surface area contributed by atoms with Gasteiger partial charge in [-0.25, -0.2) is 0 Å². The van der Waals surface area contributed by atoms with E-state index in [1.807, 2.05) is 0 Å². The van der Waals surface area contributed by atoms with Crippen LogP contribution < -0.4 is 0 Å². The van der Waals surface area contributed by atoms with Crippen molar-refractivity contribution in [3.05, 3.63) is 0 Å². The molecule has 2 aliphatic rings. The highest BCUT2D eigenvalue weighted by atomic mass is 35.5. The molecule has 2 saturated heterocycles. The normalized spacial score (nSPS) is 30.4. The van der Waals surface area contributed by atoms with Crippen LogP contribution in [0.15, 0.2) is 0 Å². The fourth-order valence-electron chi connectivity index (χ4n) is 4.68. The summed E-state index contributed by atoms with van der Waals surface area (Å²) >= 11 is 5.78. The highest BCUT2D eigenvalue weighted by Crippen LogP contribution is 2.49. The van der Waals surface area contributed by atoms with E-state index in [4.69, 9.17) is 11.6 Å². The van der Waals surface area contributed by atoms with E-state index in [1.54, 1.807) is 0 Å². The first-order valence-electron chi connectivity index (χ1n) is 8.58. The molecule has 112 valence electrons. The summed E-state index contributed by atoms with van der Waals surface area (Å²) < 4.78 is 0. The summed E-state index contributed by atoms with van der Waals surface area (Å²) in [6.07, 6.45) is 10.8. The molecule has 0 spiro atoms. The Morgan fingerprint density at radius 3 is 2.30 bits per heavy atom. The molecule has 1 atom stereocenters. The van der Waals surface area contributed by atoms with Gasteiger partial charge in [0.15, 0.2) is 0 Å². The number of rotatable bonds is 3. The molecule has 2 heterocycles. The topological polar surface area (TPSA) is 0 Å². The van der Waals surface area contributed by atoms with Gasteiger partial charge in [0.25, 0.3) is 0 Å². The fourth-order valence-corrected chi connectivity index (χ4v) is 7.99. The van der Waals surface area contributed by atoms with Gasteiger partial charge in [0.05, 0.1) is 0 Å². The zero-order chi connectivity index (χ0) is 14.6. The summed E-state index contributed by atoms with van der Waals surface area (Å²) in [6.45, 7) is 8.43. The minimum absolute atomic E-state index is 0.701. The first kappa shape index (κ1) is 16.5. The molecule has 2 aliphatic heterocycles. The third kappa shape index (κ3) is 4.08. The van der Waals surface area contributed by atoms with Crippen molar-refractivity contribution in [1.82, 2.24) is 0 Å². The molecule has 0 nitrogen and oxygen atoms in total. The molecule has 3 heteroatoms. The summed E-state index contributed by atoms with van der Waals surface area (Å²) in [5, 5.41) is 0. The Balaban J connectivity index is 2.23. The van der Waals surface area contributed by atoms with Crippen LogP contribution in [-0.2, 0) is 0 Å². The Bertz CT molecular complexity index is 355. The third-order valence-corrected chi connectivity index (χ3v) is 8.50. The SMILES string of the molecule is C[Si](C)(C)[C@@H]1B(C#CCCCCl)C2CCCC1CCC2. The van der Waals surface area contributed by atoms with Gasteiger partial charge in [-0.15, -0.1) is 17.5 Å². The van der Waals surface area contributed by atoms with Crippen molar-refractivity contribution in [2.75, 3.05) is 5.88 Å². The zero-order valence-electron chi connectivity index (χ0n) is 13.6. The molecule has 0 unspecified atom stereocenters. The van der Waals surface area contributed by atoms with E-state index >= 15 is 0 Å². The third-order valence-electron chi connectivity index (χ3n) is 5.41. The molecule has 0 aliphatic carbocycles. The Labute approximate surface area is 132 Å². The minimum atomic E-state index is -1.13.